The van der Waals surface area contributed by atoms with Gasteiger partial charge in [-0.2, -0.15) is 5.10 Å². The van der Waals surface area contributed by atoms with E-state index in [0.717, 1.165) is 17.7 Å². The molecule has 28 heavy (non-hydrogen) atoms. The fraction of sp³-hybridized carbons (Fsp3) is 0.273. The topological polar surface area (TPSA) is 74.5 Å². The number of rotatable bonds is 8. The number of aliphatic imine (C=N–C) groups is 1. The van der Waals surface area contributed by atoms with Gasteiger partial charge in [0.1, 0.15) is 0 Å². The van der Waals surface area contributed by atoms with Crippen LogP contribution in [0.2, 0.25) is 0 Å². The number of hydrogen-bond donors (Lipinski definition) is 3. The molecule has 6 nitrogen and oxygen atoms in total. The molecule has 0 radical (unpaired) electrons. The van der Waals surface area contributed by atoms with E-state index in [1.807, 2.05) is 65.6 Å². The van der Waals surface area contributed by atoms with Crippen molar-refractivity contribution in [3.63, 3.8) is 0 Å². The van der Waals surface area contributed by atoms with E-state index < -0.39 is 0 Å². The van der Waals surface area contributed by atoms with Crippen LogP contribution in [0.1, 0.15) is 22.6 Å². The molecule has 0 fully saturated rings. The number of aromatic nitrogens is 2. The fourth-order valence-corrected chi connectivity index (χ4v) is 2.99. The minimum absolute atomic E-state index is 0.0216. The maximum atomic E-state index is 9.69. The smallest absolute Gasteiger partial charge is 0.191 e. The molecule has 1 unspecified atom stereocenters. The first kappa shape index (κ1) is 19.6. The van der Waals surface area contributed by atoms with Gasteiger partial charge in [0, 0.05) is 37.8 Å². The zero-order chi connectivity index (χ0) is 19.6. The average molecular weight is 377 g/mol. The standard InChI is InChI=1S/C22H27N5O/c1-23-22(25-14-21(17-28)20-10-6-3-7-11-20)24-12-19-13-26-27(16-19)15-18-8-4-2-5-9-18/h2-11,13,16,21,28H,12,14-15,17H2,1H3,(H2,23,24,25). The van der Waals surface area contributed by atoms with Gasteiger partial charge in [-0.25, -0.2) is 0 Å². The number of hydrogen-bond acceptors (Lipinski definition) is 3. The van der Waals surface area contributed by atoms with E-state index in [9.17, 15) is 5.11 Å². The second-order valence-corrected chi connectivity index (χ2v) is 6.63. The lowest BCUT2D eigenvalue weighted by molar-refractivity contribution is 0.265. The Balaban J connectivity index is 1.49. The first-order valence-electron chi connectivity index (χ1n) is 9.44. The van der Waals surface area contributed by atoms with Crippen molar-refractivity contribution in [3.8, 4) is 0 Å². The Morgan fingerprint density at radius 1 is 1.04 bits per heavy atom. The van der Waals surface area contributed by atoms with Crippen LogP contribution in [0.4, 0.5) is 0 Å². The zero-order valence-electron chi connectivity index (χ0n) is 16.1. The van der Waals surface area contributed by atoms with Gasteiger partial charge in [0.25, 0.3) is 0 Å². The molecule has 3 aromatic rings. The fourth-order valence-electron chi connectivity index (χ4n) is 2.99. The molecule has 0 bridgehead atoms. The molecule has 1 atom stereocenters. The predicted octanol–water partition coefficient (Wildman–Crippen LogP) is 2.37. The molecule has 1 heterocycles. The van der Waals surface area contributed by atoms with E-state index in [0.29, 0.717) is 19.0 Å². The van der Waals surface area contributed by atoms with Gasteiger partial charge < -0.3 is 15.7 Å². The summed E-state index contributed by atoms with van der Waals surface area (Å²) in [5.74, 6) is 0.721. The third-order valence-electron chi connectivity index (χ3n) is 4.56. The molecule has 146 valence electrons. The summed E-state index contributed by atoms with van der Waals surface area (Å²) in [6.45, 7) is 2.07. The highest BCUT2D eigenvalue weighted by molar-refractivity contribution is 5.79. The molecule has 0 aliphatic rings. The summed E-state index contributed by atoms with van der Waals surface area (Å²) in [5.41, 5.74) is 3.41. The average Bonchev–Trinajstić information content (AvgIpc) is 3.19. The van der Waals surface area contributed by atoms with Crippen LogP contribution in [0, 0.1) is 0 Å². The van der Waals surface area contributed by atoms with E-state index >= 15 is 0 Å². The molecule has 0 saturated heterocycles. The van der Waals surface area contributed by atoms with Crippen molar-refractivity contribution in [2.24, 2.45) is 4.99 Å². The number of aliphatic hydroxyl groups is 1. The molecule has 3 rings (SSSR count). The summed E-state index contributed by atoms with van der Waals surface area (Å²) in [6, 6.07) is 20.3. The minimum atomic E-state index is 0.0216. The normalized spacial score (nSPS) is 12.6. The quantitative estimate of drug-likeness (QED) is 0.416. The highest BCUT2D eigenvalue weighted by Crippen LogP contribution is 2.13. The van der Waals surface area contributed by atoms with Crippen LogP contribution < -0.4 is 10.6 Å². The molecular weight excluding hydrogens is 350 g/mol. The molecule has 6 heteroatoms. The molecule has 0 spiro atoms. The summed E-state index contributed by atoms with van der Waals surface area (Å²) >= 11 is 0. The van der Waals surface area contributed by atoms with Crippen molar-refractivity contribution in [1.82, 2.24) is 20.4 Å². The summed E-state index contributed by atoms with van der Waals surface area (Å²) in [7, 11) is 1.74. The second-order valence-electron chi connectivity index (χ2n) is 6.63. The van der Waals surface area contributed by atoms with Crippen molar-refractivity contribution in [3.05, 3.63) is 89.7 Å². The zero-order valence-corrected chi connectivity index (χ0v) is 16.1. The maximum Gasteiger partial charge on any atom is 0.191 e. The molecule has 2 aromatic carbocycles. The van der Waals surface area contributed by atoms with Crippen LogP contribution in [-0.4, -0.2) is 41.0 Å². The van der Waals surface area contributed by atoms with E-state index in [4.69, 9.17) is 0 Å². The van der Waals surface area contributed by atoms with Crippen molar-refractivity contribution < 1.29 is 5.11 Å². The Morgan fingerprint density at radius 2 is 1.75 bits per heavy atom. The Labute approximate surface area is 165 Å². The van der Waals surface area contributed by atoms with Crippen LogP contribution in [0.15, 0.2) is 78.0 Å². The van der Waals surface area contributed by atoms with Crippen molar-refractivity contribution in [1.29, 1.82) is 0 Å². The maximum absolute atomic E-state index is 9.69. The number of nitrogens with one attached hydrogen (secondary N) is 2. The van der Waals surface area contributed by atoms with Crippen LogP contribution in [0.25, 0.3) is 0 Å². The highest BCUT2D eigenvalue weighted by atomic mass is 16.3. The molecule has 0 aliphatic carbocycles. The Morgan fingerprint density at radius 3 is 2.43 bits per heavy atom. The Kier molecular flexibility index (Phi) is 7.21. The van der Waals surface area contributed by atoms with E-state index in [1.165, 1.54) is 5.56 Å². The van der Waals surface area contributed by atoms with Gasteiger partial charge >= 0.3 is 0 Å². The minimum Gasteiger partial charge on any atom is -0.396 e. The SMILES string of the molecule is CN=C(NCc1cnn(Cc2ccccc2)c1)NCC(CO)c1ccccc1. The Bertz CT molecular complexity index is 861. The largest absolute Gasteiger partial charge is 0.396 e. The summed E-state index contributed by atoms with van der Waals surface area (Å²) in [5, 5.41) is 20.7. The van der Waals surface area contributed by atoms with Crippen molar-refractivity contribution >= 4 is 5.96 Å². The van der Waals surface area contributed by atoms with Crippen LogP contribution in [-0.2, 0) is 13.1 Å². The van der Waals surface area contributed by atoms with Crippen molar-refractivity contribution in [2.75, 3.05) is 20.2 Å². The lowest BCUT2D eigenvalue weighted by atomic mass is 10.0. The van der Waals surface area contributed by atoms with Crippen LogP contribution in [0.3, 0.4) is 0 Å². The van der Waals surface area contributed by atoms with Crippen LogP contribution in [0.5, 0.6) is 0 Å². The number of benzene rings is 2. The van der Waals surface area contributed by atoms with E-state index in [-0.39, 0.29) is 12.5 Å². The van der Waals surface area contributed by atoms with Gasteiger partial charge in [-0.1, -0.05) is 60.7 Å². The molecule has 3 N–H and O–H groups in total. The van der Waals surface area contributed by atoms with E-state index in [1.54, 1.807) is 7.05 Å². The van der Waals surface area contributed by atoms with Gasteiger partial charge in [0.2, 0.25) is 0 Å². The van der Waals surface area contributed by atoms with Gasteiger partial charge in [0.15, 0.2) is 5.96 Å². The Hall–Kier alpha value is -3.12. The van der Waals surface area contributed by atoms with Gasteiger partial charge in [0.05, 0.1) is 19.3 Å². The molecule has 0 aliphatic heterocycles. The molecule has 1 aromatic heterocycles. The van der Waals surface area contributed by atoms with Crippen LogP contribution >= 0.6 is 0 Å². The first-order chi connectivity index (χ1) is 13.8. The monoisotopic (exact) mass is 377 g/mol. The summed E-state index contributed by atoms with van der Waals surface area (Å²) in [6.07, 6.45) is 3.90. The third-order valence-corrected chi connectivity index (χ3v) is 4.56. The van der Waals surface area contributed by atoms with Gasteiger partial charge in [-0.15, -0.1) is 0 Å². The summed E-state index contributed by atoms with van der Waals surface area (Å²) < 4.78 is 1.93. The second kappa shape index (κ2) is 10.3. The molecular formula is C22H27N5O. The highest BCUT2D eigenvalue weighted by Gasteiger charge is 2.11. The van der Waals surface area contributed by atoms with Crippen molar-refractivity contribution in [2.45, 2.75) is 19.0 Å². The number of aliphatic hydroxyl groups excluding tert-OH is 1. The third kappa shape index (κ3) is 5.69. The summed E-state index contributed by atoms with van der Waals surface area (Å²) in [4.78, 5) is 4.26. The molecule has 0 saturated carbocycles. The number of guanidine groups is 1. The van der Waals surface area contributed by atoms with Gasteiger partial charge in [-0.3, -0.25) is 9.67 Å². The lowest BCUT2D eigenvalue weighted by Gasteiger charge is -2.18. The number of nitrogens with zero attached hydrogens (tertiary/aromatic N) is 3. The first-order valence-corrected chi connectivity index (χ1v) is 9.44. The lowest BCUT2D eigenvalue weighted by Crippen LogP contribution is -2.39. The van der Waals surface area contributed by atoms with E-state index in [2.05, 4.69) is 32.9 Å². The predicted molar refractivity (Wildman–Crippen MR) is 112 cm³/mol. The molecule has 0 amide bonds. The van der Waals surface area contributed by atoms with Gasteiger partial charge in [-0.05, 0) is 11.1 Å².